The van der Waals surface area contributed by atoms with E-state index in [1.807, 2.05) is 16.9 Å². The molecule has 6 heteroatoms. The summed E-state index contributed by atoms with van der Waals surface area (Å²) < 4.78 is 7.62. The van der Waals surface area contributed by atoms with Crippen molar-refractivity contribution in [2.45, 2.75) is 31.4 Å². The molecular weight excluding hydrogens is 292 g/mol. The zero-order valence-corrected chi connectivity index (χ0v) is 12.5. The minimum absolute atomic E-state index is 0.120. The highest BCUT2D eigenvalue weighted by Gasteiger charge is 2.32. The Morgan fingerprint density at radius 1 is 1.13 bits per heavy atom. The van der Waals surface area contributed by atoms with E-state index in [1.54, 1.807) is 36.8 Å². The van der Waals surface area contributed by atoms with E-state index in [1.165, 1.54) is 0 Å². The van der Waals surface area contributed by atoms with E-state index in [0.29, 0.717) is 11.1 Å². The molecule has 6 nitrogen and oxygen atoms in total. The van der Waals surface area contributed by atoms with Gasteiger partial charge >= 0.3 is 5.97 Å². The highest BCUT2D eigenvalue weighted by atomic mass is 16.5. The molecule has 0 saturated heterocycles. The maximum atomic E-state index is 12.5. The van der Waals surface area contributed by atoms with E-state index in [9.17, 15) is 4.79 Å². The predicted molar refractivity (Wildman–Crippen MR) is 83.9 cm³/mol. The molecule has 0 aliphatic heterocycles. The highest BCUT2D eigenvalue weighted by molar-refractivity contribution is 5.93. The van der Waals surface area contributed by atoms with Gasteiger partial charge in [-0.1, -0.05) is 0 Å². The van der Waals surface area contributed by atoms with Gasteiger partial charge < -0.3 is 4.74 Å². The van der Waals surface area contributed by atoms with Crippen molar-refractivity contribution in [2.24, 2.45) is 0 Å². The third-order valence-electron chi connectivity index (χ3n) is 4.25. The molecule has 1 aliphatic rings. The van der Waals surface area contributed by atoms with E-state index in [-0.39, 0.29) is 18.1 Å². The van der Waals surface area contributed by atoms with Crippen molar-refractivity contribution < 1.29 is 9.53 Å². The number of hydrogen-bond acceptors (Lipinski definition) is 5. The summed E-state index contributed by atoms with van der Waals surface area (Å²) in [6.07, 6.45) is 9.65. The second-order valence-electron chi connectivity index (χ2n) is 5.69. The predicted octanol–water partition coefficient (Wildman–Crippen LogP) is 2.78. The maximum Gasteiger partial charge on any atom is 0.338 e. The molecule has 0 radical (unpaired) electrons. The van der Waals surface area contributed by atoms with Gasteiger partial charge in [-0.15, -0.1) is 0 Å². The molecule has 4 rings (SSSR count). The molecule has 3 aromatic rings. The van der Waals surface area contributed by atoms with Crippen molar-refractivity contribution in [2.75, 3.05) is 0 Å². The highest BCUT2D eigenvalue weighted by Crippen LogP contribution is 2.32. The number of carbonyl (C=O) groups is 1. The first-order valence-electron chi connectivity index (χ1n) is 7.72. The third kappa shape index (κ3) is 2.67. The molecule has 2 atom stereocenters. The number of ether oxygens (including phenoxy) is 1. The van der Waals surface area contributed by atoms with Crippen molar-refractivity contribution in [3.8, 4) is 0 Å². The van der Waals surface area contributed by atoms with E-state index in [0.717, 1.165) is 24.8 Å². The van der Waals surface area contributed by atoms with Crippen molar-refractivity contribution in [3.63, 3.8) is 0 Å². The monoisotopic (exact) mass is 308 g/mol. The van der Waals surface area contributed by atoms with Gasteiger partial charge in [0.1, 0.15) is 6.10 Å². The normalized spacial score (nSPS) is 20.7. The fraction of sp³-hybridized carbons (Fsp3) is 0.294. The van der Waals surface area contributed by atoms with Gasteiger partial charge in [0.05, 0.1) is 22.6 Å². The summed E-state index contributed by atoms with van der Waals surface area (Å²) in [5.74, 6) is -0.318. The van der Waals surface area contributed by atoms with E-state index in [2.05, 4.69) is 15.1 Å². The lowest BCUT2D eigenvalue weighted by atomic mass is 10.2. The number of rotatable bonds is 3. The minimum atomic E-state index is -0.318. The Balaban J connectivity index is 1.54. The molecular formula is C17H16N4O2. The van der Waals surface area contributed by atoms with Gasteiger partial charge in [-0.25, -0.2) is 4.79 Å². The molecule has 2 heterocycles. The number of benzene rings is 1. The first-order valence-corrected chi connectivity index (χ1v) is 7.72. The number of aromatic nitrogens is 4. The van der Waals surface area contributed by atoms with E-state index < -0.39 is 0 Å². The molecule has 2 aromatic heterocycles. The number of hydrogen-bond donors (Lipinski definition) is 0. The summed E-state index contributed by atoms with van der Waals surface area (Å²) in [5.41, 5.74) is 1.96. The molecule has 0 spiro atoms. The molecule has 23 heavy (non-hydrogen) atoms. The largest absolute Gasteiger partial charge is 0.456 e. The first-order chi connectivity index (χ1) is 11.3. The fourth-order valence-electron chi connectivity index (χ4n) is 3.12. The standard InChI is InChI=1S/C17H16N4O2/c22-17(12-5-6-13-14(11-12)19-9-8-18-13)23-16-4-1-3-15(16)21-10-2-7-20-21/h2,5-11,15-16H,1,3-4H2/t15-,16-/m1/s1. The Morgan fingerprint density at radius 3 is 2.83 bits per heavy atom. The van der Waals surface area contributed by atoms with Gasteiger partial charge in [0.25, 0.3) is 0 Å². The molecule has 0 N–H and O–H groups in total. The Labute approximate surface area is 133 Å². The van der Waals surface area contributed by atoms with E-state index in [4.69, 9.17) is 4.74 Å². The van der Waals surface area contributed by atoms with Crippen LogP contribution < -0.4 is 0 Å². The van der Waals surface area contributed by atoms with Gasteiger partial charge in [-0.3, -0.25) is 14.6 Å². The molecule has 1 aromatic carbocycles. The molecule has 116 valence electrons. The maximum absolute atomic E-state index is 12.5. The molecule has 0 amide bonds. The number of carbonyl (C=O) groups excluding carboxylic acids is 1. The van der Waals surface area contributed by atoms with Crippen LogP contribution in [0.2, 0.25) is 0 Å². The van der Waals surface area contributed by atoms with Gasteiger partial charge in [-0.2, -0.15) is 5.10 Å². The van der Waals surface area contributed by atoms with Crippen LogP contribution in [0.1, 0.15) is 35.7 Å². The summed E-state index contributed by atoms with van der Waals surface area (Å²) in [6, 6.07) is 7.26. The Hall–Kier alpha value is -2.76. The van der Waals surface area contributed by atoms with Crippen LogP contribution in [0.5, 0.6) is 0 Å². The second-order valence-corrected chi connectivity index (χ2v) is 5.69. The SMILES string of the molecule is O=C(O[C@@H]1CCC[C@H]1n1cccn1)c1ccc2nccnc2c1. The van der Waals surface area contributed by atoms with Gasteiger partial charge in [0.15, 0.2) is 0 Å². The first kappa shape index (κ1) is 13.9. The van der Waals surface area contributed by atoms with Crippen molar-refractivity contribution in [1.29, 1.82) is 0 Å². The van der Waals surface area contributed by atoms with Crippen LogP contribution in [-0.4, -0.2) is 31.8 Å². The van der Waals surface area contributed by atoms with Gasteiger partial charge in [-0.05, 0) is 43.5 Å². The second kappa shape index (κ2) is 5.79. The molecule has 1 saturated carbocycles. The smallest absolute Gasteiger partial charge is 0.338 e. The lowest BCUT2D eigenvalue weighted by Crippen LogP contribution is -2.25. The summed E-state index contributed by atoms with van der Waals surface area (Å²) in [5, 5.41) is 4.28. The van der Waals surface area contributed by atoms with Crippen LogP contribution in [0.25, 0.3) is 11.0 Å². The van der Waals surface area contributed by atoms with Crippen LogP contribution in [0.3, 0.4) is 0 Å². The lowest BCUT2D eigenvalue weighted by Gasteiger charge is -2.20. The van der Waals surface area contributed by atoms with Crippen LogP contribution in [0, 0.1) is 0 Å². The Kier molecular flexibility index (Phi) is 3.49. The summed E-state index contributed by atoms with van der Waals surface area (Å²) in [6.45, 7) is 0. The Bertz CT molecular complexity index is 831. The average Bonchev–Trinajstić information content (AvgIpc) is 3.25. The average molecular weight is 308 g/mol. The van der Waals surface area contributed by atoms with Gasteiger partial charge in [0, 0.05) is 24.8 Å². The van der Waals surface area contributed by atoms with Crippen molar-refractivity contribution in [3.05, 3.63) is 54.6 Å². The van der Waals surface area contributed by atoms with Crippen LogP contribution in [0.4, 0.5) is 0 Å². The minimum Gasteiger partial charge on any atom is -0.456 e. The van der Waals surface area contributed by atoms with Crippen molar-refractivity contribution in [1.82, 2.24) is 19.7 Å². The fourth-order valence-corrected chi connectivity index (χ4v) is 3.12. The molecule has 0 unspecified atom stereocenters. The topological polar surface area (TPSA) is 69.9 Å². The lowest BCUT2D eigenvalue weighted by molar-refractivity contribution is 0.0210. The zero-order chi connectivity index (χ0) is 15.6. The third-order valence-corrected chi connectivity index (χ3v) is 4.25. The molecule has 1 fully saturated rings. The quantitative estimate of drug-likeness (QED) is 0.696. The summed E-state index contributed by atoms with van der Waals surface area (Å²) >= 11 is 0. The Morgan fingerprint density at radius 2 is 2.00 bits per heavy atom. The van der Waals surface area contributed by atoms with Gasteiger partial charge in [0.2, 0.25) is 0 Å². The molecule has 0 bridgehead atoms. The number of nitrogens with zero attached hydrogens (tertiary/aromatic N) is 4. The number of esters is 1. The van der Waals surface area contributed by atoms with Crippen LogP contribution in [-0.2, 0) is 4.74 Å². The summed E-state index contributed by atoms with van der Waals surface area (Å²) in [4.78, 5) is 20.9. The molecule has 1 aliphatic carbocycles. The van der Waals surface area contributed by atoms with Crippen LogP contribution in [0.15, 0.2) is 49.1 Å². The zero-order valence-electron chi connectivity index (χ0n) is 12.5. The van der Waals surface area contributed by atoms with E-state index >= 15 is 0 Å². The van der Waals surface area contributed by atoms with Crippen LogP contribution >= 0.6 is 0 Å². The number of fused-ring (bicyclic) bond motifs is 1. The summed E-state index contributed by atoms with van der Waals surface area (Å²) in [7, 11) is 0. The van der Waals surface area contributed by atoms with Crippen molar-refractivity contribution >= 4 is 17.0 Å².